The SMILES string of the molecule is COc1ccc2c(c1)CC[C@@H]1[C@@H]2OCCN1c1nc(-c2ccncc2F)cc(=O)n1C. The number of pyridine rings is 1. The fourth-order valence-corrected chi connectivity index (χ4v) is 4.58. The number of halogens is 1. The number of hydrogen-bond acceptors (Lipinski definition) is 6. The third kappa shape index (κ3) is 3.37. The zero-order valence-corrected chi connectivity index (χ0v) is 17.4. The number of rotatable bonds is 3. The predicted molar refractivity (Wildman–Crippen MR) is 114 cm³/mol. The minimum Gasteiger partial charge on any atom is -0.497 e. The van der Waals surface area contributed by atoms with Crippen LogP contribution in [0.1, 0.15) is 23.7 Å². The third-order valence-electron chi connectivity index (χ3n) is 6.16. The molecule has 0 unspecified atom stereocenters. The van der Waals surface area contributed by atoms with Gasteiger partial charge in [0.25, 0.3) is 5.56 Å². The Morgan fingerprint density at radius 2 is 2.13 bits per heavy atom. The van der Waals surface area contributed by atoms with Gasteiger partial charge in [-0.2, -0.15) is 0 Å². The van der Waals surface area contributed by atoms with Crippen LogP contribution < -0.4 is 15.2 Å². The van der Waals surface area contributed by atoms with Crippen LogP contribution in [0.2, 0.25) is 0 Å². The lowest BCUT2D eigenvalue weighted by molar-refractivity contribution is 0.00172. The molecule has 2 atom stereocenters. The zero-order chi connectivity index (χ0) is 21.5. The van der Waals surface area contributed by atoms with E-state index in [4.69, 9.17) is 14.5 Å². The lowest BCUT2D eigenvalue weighted by atomic mass is 9.84. The summed E-state index contributed by atoms with van der Waals surface area (Å²) in [6.45, 7) is 1.12. The van der Waals surface area contributed by atoms with Crippen molar-refractivity contribution < 1.29 is 13.9 Å². The molecule has 1 aromatic carbocycles. The molecule has 1 aliphatic carbocycles. The van der Waals surface area contributed by atoms with E-state index in [1.807, 2.05) is 6.07 Å². The number of nitrogens with zero attached hydrogens (tertiary/aromatic N) is 4. The quantitative estimate of drug-likeness (QED) is 0.647. The van der Waals surface area contributed by atoms with E-state index in [0.717, 1.165) is 30.4 Å². The van der Waals surface area contributed by atoms with Gasteiger partial charge in [-0.15, -0.1) is 0 Å². The van der Waals surface area contributed by atoms with Gasteiger partial charge < -0.3 is 14.4 Å². The summed E-state index contributed by atoms with van der Waals surface area (Å²) in [5, 5.41) is 0. The molecule has 160 valence electrons. The number of benzene rings is 1. The van der Waals surface area contributed by atoms with E-state index in [0.29, 0.717) is 24.8 Å². The van der Waals surface area contributed by atoms with Crippen molar-refractivity contribution >= 4 is 5.95 Å². The largest absolute Gasteiger partial charge is 0.497 e. The molecule has 1 aliphatic heterocycles. The molecule has 0 radical (unpaired) electrons. The predicted octanol–water partition coefficient (Wildman–Crippen LogP) is 2.88. The average molecular weight is 422 g/mol. The number of hydrogen-bond donors (Lipinski definition) is 0. The van der Waals surface area contributed by atoms with Crippen LogP contribution in [-0.2, 0) is 18.2 Å². The van der Waals surface area contributed by atoms with Gasteiger partial charge in [0.2, 0.25) is 5.95 Å². The van der Waals surface area contributed by atoms with Gasteiger partial charge in [-0.3, -0.25) is 14.3 Å². The summed E-state index contributed by atoms with van der Waals surface area (Å²) in [5.74, 6) is 0.851. The van der Waals surface area contributed by atoms with Crippen molar-refractivity contribution in [1.29, 1.82) is 0 Å². The first kappa shape index (κ1) is 19.7. The fourth-order valence-electron chi connectivity index (χ4n) is 4.58. The smallest absolute Gasteiger partial charge is 0.255 e. The van der Waals surface area contributed by atoms with Crippen LogP contribution in [0.4, 0.5) is 10.3 Å². The Balaban J connectivity index is 1.56. The Morgan fingerprint density at radius 3 is 2.94 bits per heavy atom. The standard InChI is InChI=1S/C23H23FN4O3/c1-27-21(29)12-19(17-7-8-25-13-18(17)24)26-23(27)28-9-10-31-22-16-5-4-15(30-2)11-14(16)3-6-20(22)28/h4-5,7-8,11-13,20,22H,3,6,9-10H2,1-2H3/t20-,22-/m1/s1. The van der Waals surface area contributed by atoms with Gasteiger partial charge >= 0.3 is 0 Å². The molecule has 1 fully saturated rings. The monoisotopic (exact) mass is 422 g/mol. The molecule has 1 saturated heterocycles. The van der Waals surface area contributed by atoms with E-state index in [-0.39, 0.29) is 23.3 Å². The Labute approximate surface area is 179 Å². The molecule has 3 aromatic rings. The van der Waals surface area contributed by atoms with Crippen molar-refractivity contribution in [2.24, 2.45) is 7.05 Å². The molecule has 0 bridgehead atoms. The number of aryl methyl sites for hydroxylation is 1. The highest BCUT2D eigenvalue weighted by molar-refractivity contribution is 5.60. The van der Waals surface area contributed by atoms with Gasteiger partial charge in [-0.05, 0) is 42.2 Å². The summed E-state index contributed by atoms with van der Waals surface area (Å²) in [4.78, 5) is 23.4. The van der Waals surface area contributed by atoms with Crippen LogP contribution in [0, 0.1) is 5.82 Å². The van der Waals surface area contributed by atoms with Gasteiger partial charge in [0.05, 0.1) is 31.6 Å². The Kier molecular flexibility index (Phi) is 4.94. The first-order chi connectivity index (χ1) is 15.1. The second-order valence-electron chi connectivity index (χ2n) is 7.85. The first-order valence-electron chi connectivity index (χ1n) is 10.3. The van der Waals surface area contributed by atoms with Crippen molar-refractivity contribution in [3.8, 4) is 17.0 Å². The van der Waals surface area contributed by atoms with Gasteiger partial charge in [-0.1, -0.05) is 6.07 Å². The molecule has 0 spiro atoms. The Morgan fingerprint density at radius 1 is 1.26 bits per heavy atom. The molecule has 2 aromatic heterocycles. The molecule has 2 aliphatic rings. The van der Waals surface area contributed by atoms with Crippen molar-refractivity contribution in [3.63, 3.8) is 0 Å². The van der Waals surface area contributed by atoms with Crippen LogP contribution in [0.3, 0.4) is 0 Å². The number of anilines is 1. The molecule has 5 rings (SSSR count). The van der Waals surface area contributed by atoms with Gasteiger partial charge in [0.15, 0.2) is 5.82 Å². The van der Waals surface area contributed by atoms with E-state index < -0.39 is 5.82 Å². The maximum Gasteiger partial charge on any atom is 0.255 e. The van der Waals surface area contributed by atoms with E-state index in [1.54, 1.807) is 14.2 Å². The average Bonchev–Trinajstić information content (AvgIpc) is 2.80. The molecule has 0 amide bonds. The van der Waals surface area contributed by atoms with E-state index >= 15 is 0 Å². The fraction of sp³-hybridized carbons (Fsp3) is 0.348. The molecular formula is C23H23FN4O3. The van der Waals surface area contributed by atoms with Crippen LogP contribution in [0.5, 0.6) is 5.75 Å². The molecule has 3 heterocycles. The molecule has 31 heavy (non-hydrogen) atoms. The molecule has 8 heteroatoms. The number of aromatic nitrogens is 3. The number of morpholine rings is 1. The second kappa shape index (κ2) is 7.77. The van der Waals surface area contributed by atoms with Crippen LogP contribution >= 0.6 is 0 Å². The summed E-state index contributed by atoms with van der Waals surface area (Å²) in [6.07, 6.45) is 4.23. The summed E-state index contributed by atoms with van der Waals surface area (Å²) in [6, 6.07) is 9.00. The van der Waals surface area contributed by atoms with E-state index in [2.05, 4.69) is 22.0 Å². The van der Waals surface area contributed by atoms with E-state index in [1.165, 1.54) is 28.5 Å². The van der Waals surface area contributed by atoms with Gasteiger partial charge in [-0.25, -0.2) is 9.37 Å². The summed E-state index contributed by atoms with van der Waals surface area (Å²) >= 11 is 0. The summed E-state index contributed by atoms with van der Waals surface area (Å²) < 4.78 is 27.4. The summed E-state index contributed by atoms with van der Waals surface area (Å²) in [7, 11) is 3.36. The number of ether oxygens (including phenoxy) is 2. The van der Waals surface area contributed by atoms with E-state index in [9.17, 15) is 9.18 Å². The van der Waals surface area contributed by atoms with Crippen molar-refractivity contribution in [3.05, 3.63) is 70.0 Å². The lowest BCUT2D eigenvalue weighted by Gasteiger charge is -2.45. The lowest BCUT2D eigenvalue weighted by Crippen LogP contribution is -2.51. The highest BCUT2D eigenvalue weighted by Crippen LogP contribution is 2.40. The Bertz CT molecular complexity index is 1200. The molecule has 7 nitrogen and oxygen atoms in total. The highest BCUT2D eigenvalue weighted by Gasteiger charge is 2.39. The van der Waals surface area contributed by atoms with Gasteiger partial charge in [0.1, 0.15) is 11.9 Å². The van der Waals surface area contributed by atoms with Gasteiger partial charge in [0, 0.05) is 31.4 Å². The molecule has 0 saturated carbocycles. The topological polar surface area (TPSA) is 69.5 Å². The van der Waals surface area contributed by atoms with Crippen molar-refractivity contribution in [1.82, 2.24) is 14.5 Å². The molecule has 0 N–H and O–H groups in total. The maximum absolute atomic E-state index is 14.3. The minimum atomic E-state index is -0.505. The first-order valence-corrected chi connectivity index (χ1v) is 10.3. The molecular weight excluding hydrogens is 399 g/mol. The zero-order valence-electron chi connectivity index (χ0n) is 17.4. The number of fused-ring (bicyclic) bond motifs is 3. The minimum absolute atomic E-state index is 0.0327. The maximum atomic E-state index is 14.3. The highest BCUT2D eigenvalue weighted by atomic mass is 19.1. The summed E-state index contributed by atoms with van der Waals surface area (Å²) in [5.41, 5.74) is 2.70. The van der Waals surface area contributed by atoms with Crippen molar-refractivity contribution in [2.75, 3.05) is 25.2 Å². The second-order valence-corrected chi connectivity index (χ2v) is 7.85. The van der Waals surface area contributed by atoms with Crippen LogP contribution in [0.25, 0.3) is 11.3 Å². The normalized spacial score (nSPS) is 20.2. The third-order valence-corrected chi connectivity index (χ3v) is 6.16. The van der Waals surface area contributed by atoms with Crippen molar-refractivity contribution in [2.45, 2.75) is 25.0 Å². The Hall–Kier alpha value is -3.26. The van der Waals surface area contributed by atoms with Crippen LogP contribution in [0.15, 0.2) is 47.5 Å². The number of methoxy groups -OCH3 is 1. The van der Waals surface area contributed by atoms with Crippen LogP contribution in [-0.4, -0.2) is 40.8 Å².